The van der Waals surface area contributed by atoms with E-state index in [-0.39, 0.29) is 17.9 Å². The molecule has 2 atom stereocenters. The van der Waals surface area contributed by atoms with Crippen molar-refractivity contribution in [2.75, 3.05) is 31.5 Å². The summed E-state index contributed by atoms with van der Waals surface area (Å²) >= 11 is 0. The van der Waals surface area contributed by atoms with E-state index in [4.69, 9.17) is 0 Å². The van der Waals surface area contributed by atoms with Crippen molar-refractivity contribution in [2.45, 2.75) is 57.7 Å². The molecular weight excluding hydrogens is 419 g/mol. The van der Waals surface area contributed by atoms with Crippen LogP contribution in [0.5, 0.6) is 0 Å². The van der Waals surface area contributed by atoms with E-state index in [0.717, 1.165) is 0 Å². The van der Waals surface area contributed by atoms with Gasteiger partial charge in [0.15, 0.2) is 0 Å². The number of alkyl halides is 3. The van der Waals surface area contributed by atoms with Crippen LogP contribution in [0.4, 0.5) is 18.9 Å². The van der Waals surface area contributed by atoms with Gasteiger partial charge >= 0.3 is 6.18 Å². The van der Waals surface area contributed by atoms with Crippen molar-refractivity contribution < 1.29 is 26.4 Å². The molecule has 6 nitrogen and oxygen atoms in total. The van der Waals surface area contributed by atoms with E-state index < -0.39 is 34.1 Å². The van der Waals surface area contributed by atoms with Crippen LogP contribution in [-0.2, 0) is 14.8 Å². The molecule has 0 bridgehead atoms. The summed E-state index contributed by atoms with van der Waals surface area (Å²) in [6, 6.07) is 3.84. The van der Waals surface area contributed by atoms with E-state index in [1.807, 2.05) is 0 Å². The summed E-state index contributed by atoms with van der Waals surface area (Å²) in [7, 11) is -3.71. The summed E-state index contributed by atoms with van der Waals surface area (Å²) in [5, 5.41) is 2.66. The molecular formula is C20H30F3N3O3S. The number of carbonyl (C=O) groups is 1. The van der Waals surface area contributed by atoms with Crippen LogP contribution in [0, 0.1) is 12.8 Å². The lowest BCUT2D eigenvalue weighted by atomic mass is 9.96. The smallest absolute Gasteiger partial charge is 0.325 e. The molecule has 0 unspecified atom stereocenters. The van der Waals surface area contributed by atoms with Crippen molar-refractivity contribution in [1.29, 1.82) is 0 Å². The topological polar surface area (TPSA) is 69.7 Å². The number of hydrogen-bond donors (Lipinski definition) is 1. The van der Waals surface area contributed by atoms with Crippen LogP contribution in [0.15, 0.2) is 23.1 Å². The van der Waals surface area contributed by atoms with Gasteiger partial charge in [0.25, 0.3) is 0 Å². The number of carbonyl (C=O) groups excluding carboxylic acids is 1. The highest BCUT2D eigenvalue weighted by Crippen LogP contribution is 2.34. The Morgan fingerprint density at radius 2 is 1.93 bits per heavy atom. The molecule has 1 N–H and O–H groups in total. The fourth-order valence-corrected chi connectivity index (χ4v) is 5.41. The fourth-order valence-electron chi connectivity index (χ4n) is 3.70. The Morgan fingerprint density at radius 3 is 2.50 bits per heavy atom. The lowest BCUT2D eigenvalue weighted by Crippen LogP contribution is -2.49. The number of benzene rings is 1. The number of hydrogen-bond acceptors (Lipinski definition) is 4. The van der Waals surface area contributed by atoms with Gasteiger partial charge in [-0.2, -0.15) is 17.5 Å². The number of rotatable bonds is 7. The molecule has 1 aliphatic heterocycles. The third kappa shape index (κ3) is 5.53. The van der Waals surface area contributed by atoms with Crippen LogP contribution >= 0.6 is 0 Å². The minimum absolute atomic E-state index is 0.0683. The van der Waals surface area contributed by atoms with E-state index in [1.165, 1.54) is 15.3 Å². The molecule has 0 spiro atoms. The highest BCUT2D eigenvalue weighted by molar-refractivity contribution is 7.89. The average Bonchev–Trinajstić information content (AvgIpc) is 2.68. The second-order valence-corrected chi connectivity index (χ2v) is 9.52. The third-order valence-electron chi connectivity index (χ3n) is 5.62. The van der Waals surface area contributed by atoms with Gasteiger partial charge in [-0.3, -0.25) is 9.69 Å². The van der Waals surface area contributed by atoms with Gasteiger partial charge in [0, 0.05) is 25.3 Å². The molecule has 10 heteroatoms. The van der Waals surface area contributed by atoms with Crippen LogP contribution in [0.1, 0.15) is 39.2 Å². The number of piperidine rings is 1. The first-order valence-electron chi connectivity index (χ1n) is 10.1. The molecule has 30 heavy (non-hydrogen) atoms. The standard InChI is InChI=1S/C20H30F3N3O3S/c1-5-26(6-2)30(28,29)18-12-17(10-9-14(18)3)24-19(27)15(4)25-11-7-8-16(13-25)20(21,22)23/h9-10,12,15-16H,5-8,11,13H2,1-4H3,(H,24,27)/t15-,16-/m1/s1. The summed E-state index contributed by atoms with van der Waals surface area (Å²) in [6.07, 6.45) is -3.84. The zero-order valence-electron chi connectivity index (χ0n) is 17.8. The largest absolute Gasteiger partial charge is 0.393 e. The van der Waals surface area contributed by atoms with Crippen molar-refractivity contribution in [3.63, 3.8) is 0 Å². The zero-order valence-corrected chi connectivity index (χ0v) is 18.6. The van der Waals surface area contributed by atoms with Gasteiger partial charge < -0.3 is 5.32 Å². The molecule has 1 aromatic rings. The van der Waals surface area contributed by atoms with Gasteiger partial charge in [0.2, 0.25) is 15.9 Å². The SMILES string of the molecule is CCN(CC)S(=O)(=O)c1cc(NC(=O)[C@@H](C)N2CCC[C@@H](C(F)(F)F)C2)ccc1C. The Bertz CT molecular complexity index is 855. The van der Waals surface area contributed by atoms with Crippen LogP contribution in [-0.4, -0.2) is 61.9 Å². The molecule has 1 amide bonds. The monoisotopic (exact) mass is 449 g/mol. The van der Waals surface area contributed by atoms with Crippen molar-refractivity contribution in [3.8, 4) is 0 Å². The summed E-state index contributed by atoms with van der Waals surface area (Å²) < 4.78 is 66.2. The predicted molar refractivity (Wildman–Crippen MR) is 110 cm³/mol. The number of likely N-dealkylation sites (tertiary alicyclic amines) is 1. The van der Waals surface area contributed by atoms with Crippen LogP contribution in [0.25, 0.3) is 0 Å². The summed E-state index contributed by atoms with van der Waals surface area (Å²) in [4.78, 5) is 14.3. The highest BCUT2D eigenvalue weighted by Gasteiger charge is 2.43. The molecule has 0 radical (unpaired) electrons. The Labute approximate surface area is 176 Å². The second-order valence-electron chi connectivity index (χ2n) is 7.61. The van der Waals surface area contributed by atoms with Gasteiger partial charge in [0.1, 0.15) is 0 Å². The van der Waals surface area contributed by atoms with E-state index in [0.29, 0.717) is 37.3 Å². The Kier molecular flexibility index (Phi) is 7.92. The van der Waals surface area contributed by atoms with Crippen molar-refractivity contribution in [3.05, 3.63) is 23.8 Å². The Hall–Kier alpha value is -1.65. The molecule has 1 saturated heterocycles. The Morgan fingerprint density at radius 1 is 1.30 bits per heavy atom. The van der Waals surface area contributed by atoms with Crippen LogP contribution in [0.3, 0.4) is 0 Å². The Balaban J connectivity index is 2.17. The maximum absolute atomic E-state index is 13.1. The summed E-state index contributed by atoms with van der Waals surface area (Å²) in [5.41, 5.74) is 0.851. The molecule has 1 heterocycles. The number of halogens is 3. The molecule has 0 saturated carbocycles. The molecule has 1 fully saturated rings. The van der Waals surface area contributed by atoms with Crippen molar-refractivity contribution >= 4 is 21.6 Å². The van der Waals surface area contributed by atoms with Gasteiger partial charge in [-0.25, -0.2) is 8.42 Å². The van der Waals surface area contributed by atoms with Gasteiger partial charge in [-0.05, 0) is 50.9 Å². The molecule has 2 rings (SSSR count). The van der Waals surface area contributed by atoms with Gasteiger partial charge in [0.05, 0.1) is 16.9 Å². The fraction of sp³-hybridized carbons (Fsp3) is 0.650. The predicted octanol–water partition coefficient (Wildman–Crippen LogP) is 3.63. The minimum atomic E-state index is -4.28. The van der Waals surface area contributed by atoms with Gasteiger partial charge in [-0.15, -0.1) is 0 Å². The van der Waals surface area contributed by atoms with Crippen LogP contribution < -0.4 is 5.32 Å². The first-order chi connectivity index (χ1) is 13.9. The van der Waals surface area contributed by atoms with E-state index >= 15 is 0 Å². The number of sulfonamides is 1. The minimum Gasteiger partial charge on any atom is -0.325 e. The van der Waals surface area contributed by atoms with E-state index in [2.05, 4.69) is 5.32 Å². The first kappa shape index (κ1) is 24.6. The summed E-state index contributed by atoms with van der Waals surface area (Å²) in [6.45, 7) is 7.57. The lowest BCUT2D eigenvalue weighted by molar-refractivity contribution is -0.188. The summed E-state index contributed by atoms with van der Waals surface area (Å²) in [5.74, 6) is -1.90. The number of aryl methyl sites for hydroxylation is 1. The zero-order chi connectivity index (χ0) is 22.7. The third-order valence-corrected chi connectivity index (χ3v) is 7.81. The molecule has 1 aromatic carbocycles. The number of nitrogens with one attached hydrogen (secondary N) is 1. The second kappa shape index (κ2) is 9.65. The number of nitrogens with zero attached hydrogens (tertiary/aromatic N) is 2. The van der Waals surface area contributed by atoms with E-state index in [1.54, 1.807) is 39.8 Å². The number of anilines is 1. The van der Waals surface area contributed by atoms with Gasteiger partial charge in [-0.1, -0.05) is 19.9 Å². The first-order valence-corrected chi connectivity index (χ1v) is 11.6. The maximum Gasteiger partial charge on any atom is 0.393 e. The van der Waals surface area contributed by atoms with Crippen molar-refractivity contribution in [1.82, 2.24) is 9.21 Å². The number of amides is 1. The normalized spacial score (nSPS) is 19.7. The molecule has 170 valence electrons. The van der Waals surface area contributed by atoms with E-state index in [9.17, 15) is 26.4 Å². The molecule has 0 aromatic heterocycles. The maximum atomic E-state index is 13.1. The quantitative estimate of drug-likeness (QED) is 0.690. The average molecular weight is 450 g/mol. The molecule has 0 aliphatic carbocycles. The lowest BCUT2D eigenvalue weighted by Gasteiger charge is -2.36. The van der Waals surface area contributed by atoms with Crippen LogP contribution in [0.2, 0.25) is 0 Å². The van der Waals surface area contributed by atoms with Crippen molar-refractivity contribution in [2.24, 2.45) is 5.92 Å². The molecule has 1 aliphatic rings. The highest BCUT2D eigenvalue weighted by atomic mass is 32.2.